The second kappa shape index (κ2) is 8.80. The van der Waals surface area contributed by atoms with Crippen molar-refractivity contribution in [2.24, 2.45) is 0 Å². The number of hydrogen-bond acceptors (Lipinski definition) is 4. The van der Waals surface area contributed by atoms with Crippen LogP contribution in [0.2, 0.25) is 10.0 Å². The molecule has 1 aromatic heterocycles. The second-order valence-corrected chi connectivity index (χ2v) is 7.80. The lowest BCUT2D eigenvalue weighted by atomic mass is 10.1. The monoisotopic (exact) mass is 426 g/mol. The summed E-state index contributed by atoms with van der Waals surface area (Å²) in [5.74, 6) is 0.657. The van der Waals surface area contributed by atoms with Crippen molar-refractivity contribution < 1.29 is 4.79 Å². The summed E-state index contributed by atoms with van der Waals surface area (Å²) in [4.78, 5) is 14.8. The number of rotatable bonds is 4. The lowest BCUT2D eigenvalue weighted by Crippen LogP contribution is -2.30. The Bertz CT molecular complexity index is 1020. The smallest absolute Gasteiger partial charge is 0.255 e. The molecule has 1 N–H and O–H groups in total. The molecule has 7 heteroatoms. The highest BCUT2D eigenvalue weighted by Gasteiger charge is 2.13. The van der Waals surface area contributed by atoms with Gasteiger partial charge in [-0.3, -0.25) is 4.79 Å². The van der Waals surface area contributed by atoms with Crippen LogP contribution in [0.25, 0.3) is 11.3 Å². The molecule has 0 radical (unpaired) electrons. The molecule has 1 aliphatic rings. The van der Waals surface area contributed by atoms with Gasteiger partial charge in [0.05, 0.1) is 15.7 Å². The third kappa shape index (κ3) is 4.69. The summed E-state index contributed by atoms with van der Waals surface area (Å²) in [6.07, 6.45) is 3.68. The van der Waals surface area contributed by atoms with Crippen LogP contribution in [0.15, 0.2) is 54.6 Å². The first-order chi connectivity index (χ1) is 14.1. The number of nitrogens with one attached hydrogen (secondary N) is 1. The predicted octanol–water partition coefficient (Wildman–Crippen LogP) is 5.69. The van der Waals surface area contributed by atoms with Gasteiger partial charge in [0.15, 0.2) is 5.82 Å². The van der Waals surface area contributed by atoms with E-state index in [1.807, 2.05) is 36.4 Å². The van der Waals surface area contributed by atoms with Crippen molar-refractivity contribution in [3.63, 3.8) is 0 Å². The highest BCUT2D eigenvalue weighted by molar-refractivity contribution is 6.42. The average molecular weight is 427 g/mol. The Kier molecular flexibility index (Phi) is 5.97. The molecular formula is C22H20Cl2N4O. The van der Waals surface area contributed by atoms with Gasteiger partial charge in [0.2, 0.25) is 0 Å². The van der Waals surface area contributed by atoms with Gasteiger partial charge in [-0.1, -0.05) is 35.3 Å². The molecule has 0 saturated carbocycles. The number of halogens is 2. The molecule has 5 nitrogen and oxygen atoms in total. The summed E-state index contributed by atoms with van der Waals surface area (Å²) in [6.45, 7) is 2.06. The minimum absolute atomic E-state index is 0.257. The first-order valence-corrected chi connectivity index (χ1v) is 10.3. The van der Waals surface area contributed by atoms with Crippen LogP contribution in [0.4, 0.5) is 11.5 Å². The molecule has 1 saturated heterocycles. The molecule has 4 rings (SSSR count). The van der Waals surface area contributed by atoms with Crippen LogP contribution in [-0.4, -0.2) is 29.2 Å². The van der Waals surface area contributed by atoms with E-state index in [1.54, 1.807) is 18.2 Å². The average Bonchev–Trinajstić information content (AvgIpc) is 2.76. The number of anilines is 2. The summed E-state index contributed by atoms with van der Waals surface area (Å²) in [7, 11) is 0. The minimum Gasteiger partial charge on any atom is -0.355 e. The van der Waals surface area contributed by atoms with Crippen molar-refractivity contribution in [1.29, 1.82) is 0 Å². The SMILES string of the molecule is O=C(Nc1cccc(-c2ccc(N3CCCCC3)nn2)c1)c1ccc(Cl)c(Cl)c1. The highest BCUT2D eigenvalue weighted by atomic mass is 35.5. The fourth-order valence-corrected chi connectivity index (χ4v) is 3.67. The topological polar surface area (TPSA) is 58.1 Å². The molecule has 0 bridgehead atoms. The van der Waals surface area contributed by atoms with Gasteiger partial charge in [-0.15, -0.1) is 10.2 Å². The molecule has 29 heavy (non-hydrogen) atoms. The Morgan fingerprint density at radius 2 is 1.72 bits per heavy atom. The van der Waals surface area contributed by atoms with E-state index in [-0.39, 0.29) is 5.91 Å². The molecule has 2 heterocycles. The maximum atomic E-state index is 12.5. The van der Waals surface area contributed by atoms with E-state index in [2.05, 4.69) is 20.4 Å². The van der Waals surface area contributed by atoms with Crippen LogP contribution in [0.5, 0.6) is 0 Å². The van der Waals surface area contributed by atoms with Crippen LogP contribution in [-0.2, 0) is 0 Å². The zero-order chi connectivity index (χ0) is 20.2. The lowest BCUT2D eigenvalue weighted by molar-refractivity contribution is 0.102. The number of nitrogens with zero attached hydrogens (tertiary/aromatic N) is 3. The van der Waals surface area contributed by atoms with Gasteiger partial charge in [-0.2, -0.15) is 0 Å². The number of amides is 1. The van der Waals surface area contributed by atoms with Gasteiger partial charge in [0.1, 0.15) is 0 Å². The molecule has 0 aliphatic carbocycles. The standard InChI is InChI=1S/C22H20Cl2N4O/c23-18-8-7-16(14-19(18)24)22(29)25-17-6-4-5-15(13-17)20-9-10-21(27-26-20)28-11-2-1-3-12-28/h4-10,13-14H,1-3,11-12H2,(H,25,29). The number of hydrogen-bond donors (Lipinski definition) is 1. The lowest BCUT2D eigenvalue weighted by Gasteiger charge is -2.27. The van der Waals surface area contributed by atoms with Crippen molar-refractivity contribution in [3.8, 4) is 11.3 Å². The third-order valence-electron chi connectivity index (χ3n) is 4.93. The van der Waals surface area contributed by atoms with E-state index in [1.165, 1.54) is 19.3 Å². The van der Waals surface area contributed by atoms with E-state index in [4.69, 9.17) is 23.2 Å². The number of aromatic nitrogens is 2. The van der Waals surface area contributed by atoms with Crippen molar-refractivity contribution in [2.45, 2.75) is 19.3 Å². The van der Waals surface area contributed by atoms with Gasteiger partial charge in [0, 0.05) is 29.9 Å². The van der Waals surface area contributed by atoms with Gasteiger partial charge in [-0.05, 0) is 61.7 Å². The van der Waals surface area contributed by atoms with E-state index < -0.39 is 0 Å². The van der Waals surface area contributed by atoms with Crippen LogP contribution in [0.3, 0.4) is 0 Å². The number of carbonyl (C=O) groups is 1. The summed E-state index contributed by atoms with van der Waals surface area (Å²) in [5, 5.41) is 12.4. The Hall–Kier alpha value is -2.63. The van der Waals surface area contributed by atoms with Crippen molar-refractivity contribution >= 4 is 40.6 Å². The molecule has 0 atom stereocenters. The fourth-order valence-electron chi connectivity index (χ4n) is 3.37. The number of benzene rings is 2. The molecule has 0 spiro atoms. The molecule has 2 aromatic carbocycles. The Morgan fingerprint density at radius 1 is 0.897 bits per heavy atom. The molecule has 1 fully saturated rings. The largest absolute Gasteiger partial charge is 0.355 e. The van der Waals surface area contributed by atoms with Gasteiger partial charge in [-0.25, -0.2) is 0 Å². The first-order valence-electron chi connectivity index (χ1n) is 9.56. The van der Waals surface area contributed by atoms with E-state index in [0.29, 0.717) is 21.3 Å². The van der Waals surface area contributed by atoms with Gasteiger partial charge in [0.25, 0.3) is 5.91 Å². The number of carbonyl (C=O) groups excluding carboxylic acids is 1. The zero-order valence-electron chi connectivity index (χ0n) is 15.7. The second-order valence-electron chi connectivity index (χ2n) is 6.99. The predicted molar refractivity (Wildman–Crippen MR) is 118 cm³/mol. The van der Waals surface area contributed by atoms with Crippen LogP contribution in [0, 0.1) is 0 Å². The molecule has 0 unspecified atom stereocenters. The van der Waals surface area contributed by atoms with Crippen LogP contribution in [0.1, 0.15) is 29.6 Å². The maximum absolute atomic E-state index is 12.5. The minimum atomic E-state index is -0.257. The first kappa shape index (κ1) is 19.7. The summed E-state index contributed by atoms with van der Waals surface area (Å²) >= 11 is 11.9. The summed E-state index contributed by atoms with van der Waals surface area (Å²) in [5.41, 5.74) is 2.75. The molecule has 1 amide bonds. The zero-order valence-corrected chi connectivity index (χ0v) is 17.2. The molecule has 1 aliphatic heterocycles. The number of piperidine rings is 1. The Labute approximate surface area is 179 Å². The normalized spacial score (nSPS) is 13.9. The summed E-state index contributed by atoms with van der Waals surface area (Å²) < 4.78 is 0. The van der Waals surface area contributed by atoms with Crippen molar-refractivity contribution in [3.05, 3.63) is 70.2 Å². The van der Waals surface area contributed by atoms with Gasteiger partial charge < -0.3 is 10.2 Å². The Morgan fingerprint density at radius 3 is 2.45 bits per heavy atom. The molecule has 3 aromatic rings. The van der Waals surface area contributed by atoms with Crippen molar-refractivity contribution in [2.75, 3.05) is 23.3 Å². The van der Waals surface area contributed by atoms with Crippen LogP contribution < -0.4 is 10.2 Å². The van der Waals surface area contributed by atoms with E-state index in [0.717, 1.165) is 30.2 Å². The highest BCUT2D eigenvalue weighted by Crippen LogP contribution is 2.25. The van der Waals surface area contributed by atoms with Crippen molar-refractivity contribution in [1.82, 2.24) is 10.2 Å². The fraction of sp³-hybridized carbons (Fsp3) is 0.227. The molecule has 148 valence electrons. The van der Waals surface area contributed by atoms with E-state index in [9.17, 15) is 4.79 Å². The van der Waals surface area contributed by atoms with Crippen LogP contribution >= 0.6 is 23.2 Å². The quantitative estimate of drug-likeness (QED) is 0.581. The molecular weight excluding hydrogens is 407 g/mol. The Balaban J connectivity index is 1.49. The maximum Gasteiger partial charge on any atom is 0.255 e. The van der Waals surface area contributed by atoms with Gasteiger partial charge >= 0.3 is 0 Å². The summed E-state index contributed by atoms with van der Waals surface area (Å²) in [6, 6.07) is 16.3. The third-order valence-corrected chi connectivity index (χ3v) is 5.67. The van der Waals surface area contributed by atoms with E-state index >= 15 is 0 Å².